The highest BCUT2D eigenvalue weighted by molar-refractivity contribution is 6.06. The number of carbonyl (C=O) groups excluding carboxylic acids is 3. The quantitative estimate of drug-likeness (QED) is 0.717. The first-order chi connectivity index (χ1) is 11.0. The molecule has 8 nitrogen and oxygen atoms in total. The molecule has 1 aromatic heterocycles. The number of imide groups is 1. The molecule has 0 unspecified atom stereocenters. The first-order valence-corrected chi connectivity index (χ1v) is 7.68. The van der Waals surface area contributed by atoms with Crippen molar-refractivity contribution in [1.82, 2.24) is 20.9 Å². The molecule has 0 aliphatic carbocycles. The molecule has 2 aliphatic rings. The van der Waals surface area contributed by atoms with Crippen LogP contribution in [0.25, 0.3) is 0 Å². The van der Waals surface area contributed by atoms with Gasteiger partial charge in [0.25, 0.3) is 5.91 Å². The zero-order valence-electron chi connectivity index (χ0n) is 12.9. The van der Waals surface area contributed by atoms with Crippen LogP contribution in [-0.4, -0.2) is 41.5 Å². The van der Waals surface area contributed by atoms with E-state index in [1.54, 1.807) is 30.2 Å². The van der Waals surface area contributed by atoms with E-state index in [9.17, 15) is 14.4 Å². The van der Waals surface area contributed by atoms with Gasteiger partial charge in [-0.25, -0.2) is 9.59 Å². The van der Waals surface area contributed by atoms with Gasteiger partial charge in [0.15, 0.2) is 0 Å². The van der Waals surface area contributed by atoms with E-state index in [-0.39, 0.29) is 17.9 Å². The number of nitrogens with one attached hydrogen (secondary N) is 3. The second-order valence-corrected chi connectivity index (χ2v) is 6.11. The Morgan fingerprint density at radius 3 is 2.74 bits per heavy atom. The third kappa shape index (κ3) is 3.01. The number of nitrogens with zero attached hydrogens (tertiary/aromatic N) is 1. The molecule has 0 spiro atoms. The van der Waals surface area contributed by atoms with Gasteiger partial charge in [-0.15, -0.1) is 0 Å². The minimum absolute atomic E-state index is 0.0167. The minimum atomic E-state index is -0.881. The number of urea groups is 2. The van der Waals surface area contributed by atoms with Crippen LogP contribution >= 0.6 is 0 Å². The Morgan fingerprint density at radius 2 is 2.17 bits per heavy atom. The number of furan rings is 1. The summed E-state index contributed by atoms with van der Waals surface area (Å²) in [5.41, 5.74) is -0.881. The Kier molecular flexibility index (Phi) is 3.97. The number of amides is 5. The number of piperidine rings is 1. The SMILES string of the molecule is C[C@@]1(C2CCN(C(=O)NCc3ccco3)CC2)NC(=O)NC1=O. The molecule has 0 saturated carbocycles. The first-order valence-electron chi connectivity index (χ1n) is 7.68. The van der Waals surface area contributed by atoms with Crippen LogP contribution in [0.4, 0.5) is 9.59 Å². The van der Waals surface area contributed by atoms with Gasteiger partial charge in [-0.2, -0.15) is 0 Å². The summed E-state index contributed by atoms with van der Waals surface area (Å²) in [6.07, 6.45) is 2.89. The maximum absolute atomic E-state index is 12.1. The van der Waals surface area contributed by atoms with Gasteiger partial charge in [-0.3, -0.25) is 10.1 Å². The number of carbonyl (C=O) groups is 3. The largest absolute Gasteiger partial charge is 0.467 e. The average Bonchev–Trinajstić information content (AvgIpc) is 3.14. The lowest BCUT2D eigenvalue weighted by atomic mass is 9.79. The summed E-state index contributed by atoms with van der Waals surface area (Å²) in [7, 11) is 0. The number of rotatable bonds is 3. The number of hydrogen-bond acceptors (Lipinski definition) is 4. The summed E-state index contributed by atoms with van der Waals surface area (Å²) < 4.78 is 5.17. The van der Waals surface area contributed by atoms with Gasteiger partial charge in [0, 0.05) is 13.1 Å². The Bertz CT molecular complexity index is 607. The summed E-state index contributed by atoms with van der Waals surface area (Å²) in [6.45, 7) is 3.19. The van der Waals surface area contributed by atoms with Crippen LogP contribution in [0.3, 0.4) is 0 Å². The lowest BCUT2D eigenvalue weighted by molar-refractivity contribution is -0.125. The Labute approximate surface area is 133 Å². The third-order valence-electron chi connectivity index (χ3n) is 4.66. The standard InChI is InChI=1S/C15H20N4O4/c1-15(12(20)17-13(21)18-15)10-4-6-19(7-5-10)14(22)16-9-11-3-2-8-23-11/h2-3,8,10H,4-7,9H2,1H3,(H,16,22)(H2,17,18,20,21)/t15-/m0/s1. The van der Waals surface area contributed by atoms with Crippen LogP contribution < -0.4 is 16.0 Å². The Hall–Kier alpha value is -2.51. The average molecular weight is 320 g/mol. The molecule has 8 heteroatoms. The zero-order chi connectivity index (χ0) is 16.4. The van der Waals surface area contributed by atoms with Crippen molar-refractivity contribution in [1.29, 1.82) is 0 Å². The smallest absolute Gasteiger partial charge is 0.322 e. The molecule has 3 rings (SSSR count). The fraction of sp³-hybridized carbons (Fsp3) is 0.533. The van der Waals surface area contributed by atoms with E-state index in [0.717, 1.165) is 0 Å². The summed E-state index contributed by atoms with van der Waals surface area (Å²) in [4.78, 5) is 37.2. The molecular weight excluding hydrogens is 300 g/mol. The lowest BCUT2D eigenvalue weighted by Gasteiger charge is -2.38. The van der Waals surface area contributed by atoms with E-state index in [1.165, 1.54) is 0 Å². The second kappa shape index (κ2) is 5.94. The molecule has 0 radical (unpaired) electrons. The van der Waals surface area contributed by atoms with E-state index < -0.39 is 11.6 Å². The summed E-state index contributed by atoms with van der Waals surface area (Å²) >= 11 is 0. The highest BCUT2D eigenvalue weighted by Gasteiger charge is 2.48. The van der Waals surface area contributed by atoms with Crippen molar-refractivity contribution in [3.8, 4) is 0 Å². The Morgan fingerprint density at radius 1 is 1.43 bits per heavy atom. The van der Waals surface area contributed by atoms with Crippen molar-refractivity contribution in [2.45, 2.75) is 31.8 Å². The fourth-order valence-corrected chi connectivity index (χ4v) is 3.19. The fourth-order valence-electron chi connectivity index (χ4n) is 3.19. The summed E-state index contributed by atoms with van der Waals surface area (Å²) in [5.74, 6) is 0.428. The maximum atomic E-state index is 12.1. The third-order valence-corrected chi connectivity index (χ3v) is 4.66. The molecule has 1 atom stereocenters. The Balaban J connectivity index is 1.51. The van der Waals surface area contributed by atoms with Gasteiger partial charge < -0.3 is 20.0 Å². The second-order valence-electron chi connectivity index (χ2n) is 6.11. The van der Waals surface area contributed by atoms with E-state index in [0.29, 0.717) is 38.2 Å². The predicted octanol–water partition coefficient (Wildman–Crippen LogP) is 0.799. The molecule has 5 amide bonds. The molecule has 124 valence electrons. The molecule has 2 fully saturated rings. The van der Waals surface area contributed by atoms with E-state index in [2.05, 4.69) is 16.0 Å². The predicted molar refractivity (Wildman–Crippen MR) is 80.3 cm³/mol. The zero-order valence-corrected chi connectivity index (χ0v) is 12.9. The molecule has 3 N–H and O–H groups in total. The van der Waals surface area contributed by atoms with Crippen molar-refractivity contribution in [3.63, 3.8) is 0 Å². The molecule has 0 bridgehead atoms. The monoisotopic (exact) mass is 320 g/mol. The van der Waals surface area contributed by atoms with Crippen molar-refractivity contribution < 1.29 is 18.8 Å². The van der Waals surface area contributed by atoms with Crippen molar-refractivity contribution >= 4 is 18.0 Å². The molecule has 23 heavy (non-hydrogen) atoms. The molecule has 0 aromatic carbocycles. The highest BCUT2D eigenvalue weighted by Crippen LogP contribution is 2.30. The first kappa shape index (κ1) is 15.4. The highest BCUT2D eigenvalue weighted by atomic mass is 16.3. The van der Waals surface area contributed by atoms with Crippen LogP contribution in [0.5, 0.6) is 0 Å². The summed E-state index contributed by atoms with van der Waals surface area (Å²) in [5, 5.41) is 7.80. The maximum Gasteiger partial charge on any atom is 0.322 e. The van der Waals surface area contributed by atoms with Crippen LogP contribution in [-0.2, 0) is 11.3 Å². The topological polar surface area (TPSA) is 104 Å². The lowest BCUT2D eigenvalue weighted by Crippen LogP contribution is -2.55. The molecule has 2 aliphatic heterocycles. The number of hydrogen-bond donors (Lipinski definition) is 3. The number of likely N-dealkylation sites (tertiary alicyclic amines) is 1. The molecular formula is C15H20N4O4. The molecule has 3 heterocycles. The van der Waals surface area contributed by atoms with Crippen molar-refractivity contribution in [2.75, 3.05) is 13.1 Å². The molecule has 2 saturated heterocycles. The summed E-state index contributed by atoms with van der Waals surface area (Å²) in [6, 6.07) is 2.98. The van der Waals surface area contributed by atoms with Gasteiger partial charge in [-0.1, -0.05) is 0 Å². The van der Waals surface area contributed by atoms with Crippen molar-refractivity contribution in [3.05, 3.63) is 24.2 Å². The van der Waals surface area contributed by atoms with Crippen LogP contribution in [0.1, 0.15) is 25.5 Å². The normalized spacial score (nSPS) is 25.2. The minimum Gasteiger partial charge on any atom is -0.467 e. The van der Waals surface area contributed by atoms with Gasteiger partial charge in [-0.05, 0) is 37.8 Å². The van der Waals surface area contributed by atoms with Crippen LogP contribution in [0, 0.1) is 5.92 Å². The van der Waals surface area contributed by atoms with Crippen molar-refractivity contribution in [2.24, 2.45) is 5.92 Å². The van der Waals surface area contributed by atoms with Crippen LogP contribution in [0.2, 0.25) is 0 Å². The van der Waals surface area contributed by atoms with Crippen LogP contribution in [0.15, 0.2) is 22.8 Å². The van der Waals surface area contributed by atoms with Gasteiger partial charge in [0.05, 0.1) is 12.8 Å². The van der Waals surface area contributed by atoms with Gasteiger partial charge >= 0.3 is 12.1 Å². The van der Waals surface area contributed by atoms with E-state index >= 15 is 0 Å². The van der Waals surface area contributed by atoms with E-state index in [1.807, 2.05) is 0 Å². The van der Waals surface area contributed by atoms with E-state index in [4.69, 9.17) is 4.42 Å². The van der Waals surface area contributed by atoms with Gasteiger partial charge in [0.2, 0.25) is 0 Å². The van der Waals surface area contributed by atoms with Gasteiger partial charge in [0.1, 0.15) is 11.3 Å². The molecule has 1 aromatic rings.